The van der Waals surface area contributed by atoms with Crippen molar-refractivity contribution >= 4 is 17.5 Å². The van der Waals surface area contributed by atoms with Crippen LogP contribution in [-0.4, -0.2) is 54.4 Å². The van der Waals surface area contributed by atoms with Crippen molar-refractivity contribution in [3.63, 3.8) is 0 Å². The zero-order valence-corrected chi connectivity index (χ0v) is 15.4. The summed E-state index contributed by atoms with van der Waals surface area (Å²) in [5.74, 6) is 1.21. The van der Waals surface area contributed by atoms with Gasteiger partial charge in [-0.3, -0.25) is 4.79 Å². The molecule has 0 bridgehead atoms. The van der Waals surface area contributed by atoms with E-state index in [1.54, 1.807) is 35.2 Å². The number of hydrogen-bond acceptors (Lipinski definition) is 6. The van der Waals surface area contributed by atoms with Crippen LogP contribution in [0.25, 0.3) is 0 Å². The van der Waals surface area contributed by atoms with Crippen molar-refractivity contribution in [2.24, 2.45) is 0 Å². The van der Waals surface area contributed by atoms with E-state index in [9.17, 15) is 4.79 Å². The molecule has 1 aliphatic heterocycles. The molecule has 138 valence electrons. The molecule has 0 N–H and O–H groups in total. The number of ether oxygens (including phenoxy) is 3. The smallest absolute Gasteiger partial charge is 0.257 e. The molecule has 0 radical (unpaired) electrons. The number of amides is 1. The van der Waals surface area contributed by atoms with Crippen LogP contribution in [-0.2, 0) is 0 Å². The van der Waals surface area contributed by atoms with E-state index in [0.717, 1.165) is 12.8 Å². The number of aromatic nitrogens is 2. The predicted octanol–water partition coefficient (Wildman–Crippen LogP) is 2.83. The average Bonchev–Trinajstić information content (AvgIpc) is 2.68. The van der Waals surface area contributed by atoms with Crippen LogP contribution in [0.1, 0.15) is 23.2 Å². The minimum absolute atomic E-state index is 0.126. The Kier molecular flexibility index (Phi) is 5.78. The molecule has 1 aromatic heterocycles. The Morgan fingerprint density at radius 2 is 1.92 bits per heavy atom. The standard InChI is InChI=1S/C18H20ClN3O4/c1-24-15-6-5-12(19)10-14(15)18(23)22-9-3-4-13(11-22)26-17-8-7-16(25-2)20-21-17/h5-8,10,13H,3-4,9,11H2,1-2H3. The summed E-state index contributed by atoms with van der Waals surface area (Å²) < 4.78 is 16.1. The number of likely N-dealkylation sites (tertiary alicyclic amines) is 1. The molecule has 1 atom stereocenters. The van der Waals surface area contributed by atoms with Crippen LogP contribution >= 0.6 is 11.6 Å². The molecule has 0 spiro atoms. The van der Waals surface area contributed by atoms with Gasteiger partial charge >= 0.3 is 0 Å². The van der Waals surface area contributed by atoms with Gasteiger partial charge < -0.3 is 19.1 Å². The molecule has 1 saturated heterocycles. The molecule has 1 unspecified atom stereocenters. The Labute approximate surface area is 156 Å². The molecule has 2 aromatic rings. The van der Waals surface area contributed by atoms with Crippen molar-refractivity contribution in [1.29, 1.82) is 0 Å². The summed E-state index contributed by atoms with van der Waals surface area (Å²) in [5.41, 5.74) is 0.449. The van der Waals surface area contributed by atoms with E-state index < -0.39 is 0 Å². The predicted molar refractivity (Wildman–Crippen MR) is 96.1 cm³/mol. The van der Waals surface area contributed by atoms with Gasteiger partial charge in [-0.05, 0) is 31.0 Å². The number of carbonyl (C=O) groups excluding carboxylic acids is 1. The minimum Gasteiger partial charge on any atom is -0.496 e. The fraction of sp³-hybridized carbons (Fsp3) is 0.389. The molecule has 0 aliphatic carbocycles. The summed E-state index contributed by atoms with van der Waals surface area (Å²) in [6, 6.07) is 8.40. The topological polar surface area (TPSA) is 73.8 Å². The van der Waals surface area contributed by atoms with Crippen LogP contribution in [0.3, 0.4) is 0 Å². The zero-order valence-electron chi connectivity index (χ0n) is 14.6. The third-order valence-corrected chi connectivity index (χ3v) is 4.40. The second-order valence-corrected chi connectivity index (χ2v) is 6.33. The van der Waals surface area contributed by atoms with E-state index in [1.807, 2.05) is 0 Å². The van der Waals surface area contributed by atoms with Gasteiger partial charge in [-0.2, -0.15) is 0 Å². The highest BCUT2D eigenvalue weighted by Gasteiger charge is 2.27. The van der Waals surface area contributed by atoms with Crippen molar-refractivity contribution in [2.75, 3.05) is 27.3 Å². The van der Waals surface area contributed by atoms with Gasteiger partial charge in [-0.25, -0.2) is 0 Å². The van der Waals surface area contributed by atoms with Crippen LogP contribution in [0.4, 0.5) is 0 Å². The van der Waals surface area contributed by atoms with Crippen molar-refractivity contribution in [3.8, 4) is 17.5 Å². The largest absolute Gasteiger partial charge is 0.496 e. The molecule has 8 heteroatoms. The van der Waals surface area contributed by atoms with Gasteiger partial charge in [0.2, 0.25) is 11.8 Å². The van der Waals surface area contributed by atoms with E-state index in [0.29, 0.717) is 41.2 Å². The summed E-state index contributed by atoms with van der Waals surface area (Å²) in [6.07, 6.45) is 1.52. The van der Waals surface area contributed by atoms with Crippen molar-refractivity contribution in [3.05, 3.63) is 40.9 Å². The fourth-order valence-electron chi connectivity index (χ4n) is 2.89. The fourth-order valence-corrected chi connectivity index (χ4v) is 3.06. The van der Waals surface area contributed by atoms with E-state index in [-0.39, 0.29) is 12.0 Å². The first-order chi connectivity index (χ1) is 12.6. The third-order valence-electron chi connectivity index (χ3n) is 4.17. The van der Waals surface area contributed by atoms with E-state index in [2.05, 4.69) is 10.2 Å². The number of carbonyl (C=O) groups is 1. The molecule has 7 nitrogen and oxygen atoms in total. The van der Waals surface area contributed by atoms with Gasteiger partial charge in [0.1, 0.15) is 11.9 Å². The molecule has 1 fully saturated rings. The molecule has 3 rings (SSSR count). The quantitative estimate of drug-likeness (QED) is 0.797. The highest BCUT2D eigenvalue weighted by atomic mass is 35.5. The number of methoxy groups -OCH3 is 2. The number of halogens is 1. The summed E-state index contributed by atoms with van der Waals surface area (Å²) in [7, 11) is 3.06. The maximum Gasteiger partial charge on any atom is 0.257 e. The molecule has 26 heavy (non-hydrogen) atoms. The van der Waals surface area contributed by atoms with Crippen LogP contribution < -0.4 is 14.2 Å². The van der Waals surface area contributed by atoms with Gasteiger partial charge in [-0.1, -0.05) is 11.6 Å². The molecule has 0 saturated carbocycles. The number of hydrogen-bond donors (Lipinski definition) is 0. The lowest BCUT2D eigenvalue weighted by atomic mass is 10.1. The van der Waals surface area contributed by atoms with Crippen LogP contribution in [0.2, 0.25) is 5.02 Å². The zero-order chi connectivity index (χ0) is 18.5. The number of nitrogens with zero attached hydrogens (tertiary/aromatic N) is 3. The first-order valence-corrected chi connectivity index (χ1v) is 8.65. The Balaban J connectivity index is 1.69. The van der Waals surface area contributed by atoms with E-state index in [4.69, 9.17) is 25.8 Å². The van der Waals surface area contributed by atoms with Gasteiger partial charge in [-0.15, -0.1) is 10.2 Å². The summed E-state index contributed by atoms with van der Waals surface area (Å²) >= 11 is 6.04. The van der Waals surface area contributed by atoms with Crippen molar-refractivity contribution in [1.82, 2.24) is 15.1 Å². The minimum atomic E-state index is -0.152. The van der Waals surface area contributed by atoms with Gasteiger partial charge in [0, 0.05) is 23.7 Å². The number of piperidine rings is 1. The summed E-state index contributed by atoms with van der Waals surface area (Å²) in [6.45, 7) is 1.12. The maximum atomic E-state index is 12.9. The molecular weight excluding hydrogens is 358 g/mol. The molecular formula is C18H20ClN3O4. The van der Waals surface area contributed by atoms with Gasteiger partial charge in [0.05, 0.1) is 26.3 Å². The molecule has 1 aromatic carbocycles. The Bertz CT molecular complexity index is 770. The summed E-state index contributed by atoms with van der Waals surface area (Å²) in [4.78, 5) is 14.6. The van der Waals surface area contributed by atoms with E-state index >= 15 is 0 Å². The third kappa shape index (κ3) is 4.16. The molecule has 2 heterocycles. The first kappa shape index (κ1) is 18.3. The average molecular weight is 378 g/mol. The second kappa shape index (κ2) is 8.23. The normalized spacial score (nSPS) is 16.9. The Morgan fingerprint density at radius 1 is 1.15 bits per heavy atom. The Morgan fingerprint density at radius 3 is 2.62 bits per heavy atom. The lowest BCUT2D eigenvalue weighted by molar-refractivity contribution is 0.0522. The second-order valence-electron chi connectivity index (χ2n) is 5.89. The first-order valence-electron chi connectivity index (χ1n) is 8.28. The van der Waals surface area contributed by atoms with Crippen LogP contribution in [0.15, 0.2) is 30.3 Å². The van der Waals surface area contributed by atoms with Gasteiger partial charge in [0.15, 0.2) is 0 Å². The highest BCUT2D eigenvalue weighted by molar-refractivity contribution is 6.31. The Hall–Kier alpha value is -2.54. The lowest BCUT2D eigenvalue weighted by Gasteiger charge is -2.32. The highest BCUT2D eigenvalue weighted by Crippen LogP contribution is 2.26. The number of rotatable bonds is 5. The summed E-state index contributed by atoms with van der Waals surface area (Å²) in [5, 5.41) is 8.35. The monoisotopic (exact) mass is 377 g/mol. The lowest BCUT2D eigenvalue weighted by Crippen LogP contribution is -2.44. The maximum absolute atomic E-state index is 12.9. The number of benzene rings is 1. The van der Waals surface area contributed by atoms with Crippen molar-refractivity contribution in [2.45, 2.75) is 18.9 Å². The molecule has 1 aliphatic rings. The van der Waals surface area contributed by atoms with Gasteiger partial charge in [0.25, 0.3) is 5.91 Å². The van der Waals surface area contributed by atoms with Crippen LogP contribution in [0.5, 0.6) is 17.5 Å². The van der Waals surface area contributed by atoms with E-state index in [1.165, 1.54) is 14.2 Å². The molecule has 1 amide bonds. The van der Waals surface area contributed by atoms with Crippen molar-refractivity contribution < 1.29 is 19.0 Å². The SMILES string of the molecule is COc1ccc(OC2CCCN(C(=O)c3cc(Cl)ccc3OC)C2)nn1. The van der Waals surface area contributed by atoms with Crippen LogP contribution in [0, 0.1) is 0 Å².